The van der Waals surface area contributed by atoms with E-state index in [0.717, 1.165) is 17.7 Å². The first-order chi connectivity index (χ1) is 11.1. The van der Waals surface area contributed by atoms with Crippen LogP contribution in [0.5, 0.6) is 0 Å². The molecule has 0 saturated carbocycles. The Morgan fingerprint density at radius 1 is 1.42 bits per heavy atom. The molecular weight excluding hydrogens is 308 g/mol. The molecule has 0 saturated heterocycles. The monoisotopic (exact) mass is 340 g/mol. The van der Waals surface area contributed by atoms with Crippen molar-refractivity contribution >= 4 is 6.09 Å². The minimum absolute atomic E-state index is 0.0176. The number of aromatic nitrogens is 2. The number of nitrogens with zero attached hydrogens (tertiary/aromatic N) is 2. The Bertz CT molecular complexity index is 522. The third-order valence-corrected chi connectivity index (χ3v) is 3.81. The van der Waals surface area contributed by atoms with Crippen LogP contribution >= 0.6 is 0 Å². The van der Waals surface area contributed by atoms with E-state index in [2.05, 4.69) is 15.7 Å². The predicted octanol–water partition coefficient (Wildman–Crippen LogP) is 1.38. The molecule has 7 nitrogen and oxygen atoms in total. The first kappa shape index (κ1) is 20.4. The topological polar surface area (TPSA) is 88.4 Å². The number of hydrogen-bond donors (Lipinski definition) is 3. The second-order valence-corrected chi connectivity index (χ2v) is 7.32. The van der Waals surface area contributed by atoms with Gasteiger partial charge in [0.1, 0.15) is 5.60 Å². The predicted molar refractivity (Wildman–Crippen MR) is 93.9 cm³/mol. The number of carbonyl (C=O) groups excluding carboxylic acids is 1. The molecule has 7 heteroatoms. The maximum absolute atomic E-state index is 11.9. The molecule has 1 heterocycles. The van der Waals surface area contributed by atoms with Gasteiger partial charge in [-0.15, -0.1) is 0 Å². The molecule has 0 aliphatic carbocycles. The van der Waals surface area contributed by atoms with E-state index in [1.54, 1.807) is 0 Å². The average Bonchev–Trinajstić information content (AvgIpc) is 2.79. The van der Waals surface area contributed by atoms with Crippen LogP contribution in [-0.2, 0) is 18.2 Å². The van der Waals surface area contributed by atoms with E-state index in [1.807, 2.05) is 52.5 Å². The van der Waals surface area contributed by atoms with Gasteiger partial charge < -0.3 is 20.5 Å². The number of aliphatic hydroxyl groups is 1. The second kappa shape index (κ2) is 9.03. The third-order valence-electron chi connectivity index (χ3n) is 3.81. The van der Waals surface area contributed by atoms with Crippen LogP contribution < -0.4 is 10.6 Å². The van der Waals surface area contributed by atoms with Gasteiger partial charge in [-0.2, -0.15) is 5.10 Å². The van der Waals surface area contributed by atoms with Crippen LogP contribution in [0.15, 0.2) is 6.20 Å². The summed E-state index contributed by atoms with van der Waals surface area (Å²) in [6.45, 7) is 10.7. The zero-order valence-corrected chi connectivity index (χ0v) is 15.7. The van der Waals surface area contributed by atoms with E-state index in [0.29, 0.717) is 13.1 Å². The fourth-order valence-corrected chi connectivity index (χ4v) is 2.25. The molecule has 2 atom stereocenters. The van der Waals surface area contributed by atoms with Crippen LogP contribution in [0.25, 0.3) is 0 Å². The molecule has 1 amide bonds. The van der Waals surface area contributed by atoms with E-state index in [9.17, 15) is 4.79 Å². The van der Waals surface area contributed by atoms with Crippen molar-refractivity contribution in [2.75, 3.05) is 19.7 Å². The largest absolute Gasteiger partial charge is 0.444 e. The summed E-state index contributed by atoms with van der Waals surface area (Å²) in [6.07, 6.45) is 2.25. The van der Waals surface area contributed by atoms with Crippen LogP contribution in [0, 0.1) is 12.8 Å². The minimum Gasteiger partial charge on any atom is -0.444 e. The van der Waals surface area contributed by atoms with Crippen LogP contribution in [0.4, 0.5) is 4.79 Å². The Hall–Kier alpha value is -1.60. The van der Waals surface area contributed by atoms with Gasteiger partial charge in [-0.25, -0.2) is 4.79 Å². The summed E-state index contributed by atoms with van der Waals surface area (Å²) in [5.74, 6) is 0.175. The Morgan fingerprint density at radius 3 is 2.58 bits per heavy atom. The molecule has 1 rings (SSSR count). The van der Waals surface area contributed by atoms with E-state index in [-0.39, 0.29) is 18.6 Å². The molecule has 3 N–H and O–H groups in total. The van der Waals surface area contributed by atoms with Gasteiger partial charge in [0, 0.05) is 31.9 Å². The van der Waals surface area contributed by atoms with Crippen molar-refractivity contribution < 1.29 is 14.6 Å². The van der Waals surface area contributed by atoms with Gasteiger partial charge in [0.05, 0.1) is 12.8 Å². The number of carbonyl (C=O) groups is 1. The second-order valence-electron chi connectivity index (χ2n) is 7.32. The summed E-state index contributed by atoms with van der Waals surface area (Å²) in [7, 11) is 1.92. The molecule has 138 valence electrons. The normalized spacial score (nSPS) is 14.3. The minimum atomic E-state index is -0.511. The summed E-state index contributed by atoms with van der Waals surface area (Å²) >= 11 is 0. The van der Waals surface area contributed by atoms with E-state index in [4.69, 9.17) is 9.84 Å². The Morgan fingerprint density at radius 2 is 2.08 bits per heavy atom. The summed E-state index contributed by atoms with van der Waals surface area (Å²) in [5.41, 5.74) is 1.77. The number of rotatable bonds is 8. The number of aliphatic hydroxyl groups excluding tert-OH is 1. The van der Waals surface area contributed by atoms with Crippen molar-refractivity contribution in [3.8, 4) is 0 Å². The van der Waals surface area contributed by atoms with Crippen molar-refractivity contribution in [2.45, 2.75) is 52.7 Å². The average molecular weight is 340 g/mol. The summed E-state index contributed by atoms with van der Waals surface area (Å²) in [4.78, 5) is 11.9. The highest BCUT2D eigenvalue weighted by atomic mass is 16.6. The number of ether oxygens (including phenoxy) is 1. The van der Waals surface area contributed by atoms with Crippen LogP contribution in [0.3, 0.4) is 0 Å². The van der Waals surface area contributed by atoms with E-state index >= 15 is 0 Å². The highest BCUT2D eigenvalue weighted by Gasteiger charge is 2.19. The van der Waals surface area contributed by atoms with Crippen LogP contribution in [-0.4, -0.2) is 52.3 Å². The number of nitrogens with one attached hydrogen (secondary N) is 2. The lowest BCUT2D eigenvalue weighted by Crippen LogP contribution is -2.41. The zero-order valence-electron chi connectivity index (χ0n) is 15.7. The van der Waals surface area contributed by atoms with Gasteiger partial charge in [0.25, 0.3) is 0 Å². The standard InChI is InChI=1S/C17H32N4O3/c1-12(11-22)18-8-14(7-15-10-20-21(6)13(15)2)9-19-16(23)24-17(3,4)5/h10,12,14,18,22H,7-9,11H2,1-6H3,(H,19,23)/t12-,14?/m0/s1. The fraction of sp³-hybridized carbons (Fsp3) is 0.765. The fourth-order valence-electron chi connectivity index (χ4n) is 2.25. The lowest BCUT2D eigenvalue weighted by molar-refractivity contribution is 0.0518. The summed E-state index contributed by atoms with van der Waals surface area (Å²) in [6, 6.07) is 0.0176. The van der Waals surface area contributed by atoms with Crippen LogP contribution in [0.2, 0.25) is 0 Å². The molecule has 0 aliphatic heterocycles. The molecule has 0 bridgehead atoms. The smallest absolute Gasteiger partial charge is 0.407 e. The van der Waals surface area contributed by atoms with Gasteiger partial charge in [0.15, 0.2) is 0 Å². The molecule has 1 aromatic heterocycles. The highest BCUT2D eigenvalue weighted by Crippen LogP contribution is 2.13. The van der Waals surface area contributed by atoms with Crippen LogP contribution in [0.1, 0.15) is 39.0 Å². The lowest BCUT2D eigenvalue weighted by Gasteiger charge is -2.23. The lowest BCUT2D eigenvalue weighted by atomic mass is 9.99. The van der Waals surface area contributed by atoms with Crippen molar-refractivity contribution in [1.82, 2.24) is 20.4 Å². The number of alkyl carbamates (subject to hydrolysis) is 1. The molecule has 24 heavy (non-hydrogen) atoms. The van der Waals surface area contributed by atoms with E-state index in [1.165, 1.54) is 0 Å². The summed E-state index contributed by atoms with van der Waals surface area (Å²) in [5, 5.41) is 19.6. The molecule has 0 aliphatic rings. The third kappa shape index (κ3) is 7.31. The van der Waals surface area contributed by atoms with Crippen molar-refractivity contribution in [1.29, 1.82) is 0 Å². The molecular formula is C17H32N4O3. The molecule has 0 radical (unpaired) electrons. The van der Waals surface area contributed by atoms with Crippen molar-refractivity contribution in [2.24, 2.45) is 13.0 Å². The zero-order chi connectivity index (χ0) is 18.3. The molecule has 0 fully saturated rings. The Balaban J connectivity index is 2.63. The first-order valence-corrected chi connectivity index (χ1v) is 8.41. The number of hydrogen-bond acceptors (Lipinski definition) is 5. The van der Waals surface area contributed by atoms with E-state index < -0.39 is 11.7 Å². The Labute approximate surface area is 144 Å². The number of aryl methyl sites for hydroxylation is 1. The molecule has 0 spiro atoms. The summed E-state index contributed by atoms with van der Waals surface area (Å²) < 4.78 is 7.13. The van der Waals surface area contributed by atoms with Gasteiger partial charge in [-0.05, 0) is 52.5 Å². The Kier molecular flexibility index (Phi) is 7.69. The maximum Gasteiger partial charge on any atom is 0.407 e. The molecule has 0 aromatic carbocycles. The van der Waals surface area contributed by atoms with Gasteiger partial charge >= 0.3 is 6.09 Å². The quantitative estimate of drug-likeness (QED) is 0.665. The molecule has 1 aromatic rings. The van der Waals surface area contributed by atoms with Gasteiger partial charge in [-0.1, -0.05) is 0 Å². The van der Waals surface area contributed by atoms with Gasteiger partial charge in [-0.3, -0.25) is 4.68 Å². The van der Waals surface area contributed by atoms with Gasteiger partial charge in [0.2, 0.25) is 0 Å². The first-order valence-electron chi connectivity index (χ1n) is 8.41. The maximum atomic E-state index is 11.9. The SMILES string of the molecule is Cc1c(CC(CNC(=O)OC(C)(C)C)CN[C@@H](C)CO)cnn1C. The highest BCUT2D eigenvalue weighted by molar-refractivity contribution is 5.67. The number of amides is 1. The van der Waals surface area contributed by atoms with Crippen molar-refractivity contribution in [3.05, 3.63) is 17.5 Å². The van der Waals surface area contributed by atoms with Crippen molar-refractivity contribution in [3.63, 3.8) is 0 Å². The molecule has 1 unspecified atom stereocenters.